The molecule has 0 radical (unpaired) electrons. The lowest BCUT2D eigenvalue weighted by atomic mass is 9.79. The number of nitrogens with one attached hydrogen (secondary N) is 1. The minimum Gasteiger partial charge on any atom is -0.310 e. The van der Waals surface area contributed by atoms with Crippen LogP contribution in [-0.2, 0) is 0 Å². The van der Waals surface area contributed by atoms with Crippen LogP contribution in [0, 0.1) is 11.8 Å². The molecular formula is C12H23NS. The average molecular weight is 213 g/mol. The van der Waals surface area contributed by atoms with Gasteiger partial charge in [-0.05, 0) is 43.8 Å². The Balaban J connectivity index is 2.05. The largest absolute Gasteiger partial charge is 0.310 e. The van der Waals surface area contributed by atoms with E-state index in [1.54, 1.807) is 0 Å². The van der Waals surface area contributed by atoms with Crippen molar-refractivity contribution in [3.05, 3.63) is 0 Å². The van der Waals surface area contributed by atoms with Crippen molar-refractivity contribution < 1.29 is 0 Å². The van der Waals surface area contributed by atoms with Crippen LogP contribution in [0.1, 0.15) is 40.0 Å². The van der Waals surface area contributed by atoms with Gasteiger partial charge in [-0.3, -0.25) is 0 Å². The van der Waals surface area contributed by atoms with Crippen LogP contribution in [0.15, 0.2) is 0 Å². The molecule has 2 heteroatoms. The summed E-state index contributed by atoms with van der Waals surface area (Å²) in [4.78, 5) is 0. The SMILES string of the molecule is CC1CC(C)C2SCCC(C)NC2C1. The maximum absolute atomic E-state index is 3.82. The van der Waals surface area contributed by atoms with Gasteiger partial charge < -0.3 is 5.32 Å². The van der Waals surface area contributed by atoms with Gasteiger partial charge in [0.1, 0.15) is 0 Å². The number of fused-ring (bicyclic) bond motifs is 1. The van der Waals surface area contributed by atoms with E-state index >= 15 is 0 Å². The van der Waals surface area contributed by atoms with Crippen LogP contribution in [-0.4, -0.2) is 23.1 Å². The van der Waals surface area contributed by atoms with Crippen LogP contribution in [0.2, 0.25) is 0 Å². The summed E-state index contributed by atoms with van der Waals surface area (Å²) in [6.45, 7) is 7.19. The molecule has 1 N–H and O–H groups in total. The zero-order valence-corrected chi connectivity index (χ0v) is 10.4. The summed E-state index contributed by atoms with van der Waals surface area (Å²) in [5.41, 5.74) is 0. The molecule has 14 heavy (non-hydrogen) atoms. The second kappa shape index (κ2) is 4.44. The maximum atomic E-state index is 3.82. The van der Waals surface area contributed by atoms with E-state index in [-0.39, 0.29) is 0 Å². The quantitative estimate of drug-likeness (QED) is 0.664. The lowest BCUT2D eigenvalue weighted by molar-refractivity contribution is 0.240. The highest BCUT2D eigenvalue weighted by atomic mass is 32.2. The Bertz CT molecular complexity index is 195. The van der Waals surface area contributed by atoms with Gasteiger partial charge in [0.25, 0.3) is 0 Å². The van der Waals surface area contributed by atoms with Crippen LogP contribution in [0.5, 0.6) is 0 Å². The topological polar surface area (TPSA) is 12.0 Å². The van der Waals surface area contributed by atoms with Crippen molar-refractivity contribution in [1.82, 2.24) is 5.32 Å². The first-order valence-corrected chi connectivity index (χ1v) is 7.09. The molecule has 1 heterocycles. The van der Waals surface area contributed by atoms with Crippen molar-refractivity contribution in [3.63, 3.8) is 0 Å². The zero-order valence-electron chi connectivity index (χ0n) is 9.62. The normalized spacial score (nSPS) is 49.5. The highest BCUT2D eigenvalue weighted by Gasteiger charge is 2.36. The molecule has 1 saturated carbocycles. The standard InChI is InChI=1S/C12H23NS/c1-8-6-9(2)12-11(7-8)13-10(3)4-5-14-12/h8-13H,4-7H2,1-3H3. The monoisotopic (exact) mass is 213 g/mol. The molecule has 0 aromatic carbocycles. The van der Waals surface area contributed by atoms with Gasteiger partial charge in [-0.15, -0.1) is 0 Å². The molecule has 2 rings (SSSR count). The Morgan fingerprint density at radius 1 is 1.14 bits per heavy atom. The molecule has 5 atom stereocenters. The van der Waals surface area contributed by atoms with E-state index < -0.39 is 0 Å². The van der Waals surface area contributed by atoms with Crippen LogP contribution in [0.4, 0.5) is 0 Å². The van der Waals surface area contributed by atoms with Crippen LogP contribution >= 0.6 is 11.8 Å². The fourth-order valence-electron chi connectivity index (χ4n) is 3.10. The van der Waals surface area contributed by atoms with Crippen molar-refractivity contribution in [2.45, 2.75) is 57.4 Å². The molecule has 1 aliphatic heterocycles. The first-order chi connectivity index (χ1) is 6.66. The molecular weight excluding hydrogens is 190 g/mol. The van der Waals surface area contributed by atoms with Crippen LogP contribution in [0.3, 0.4) is 0 Å². The maximum Gasteiger partial charge on any atom is 0.0227 e. The molecule has 1 aliphatic carbocycles. The third kappa shape index (κ3) is 2.27. The van der Waals surface area contributed by atoms with E-state index in [4.69, 9.17) is 0 Å². The molecule has 2 fully saturated rings. The van der Waals surface area contributed by atoms with E-state index in [1.165, 1.54) is 25.0 Å². The number of hydrogen-bond acceptors (Lipinski definition) is 2. The summed E-state index contributed by atoms with van der Waals surface area (Å²) in [5, 5.41) is 4.71. The summed E-state index contributed by atoms with van der Waals surface area (Å²) < 4.78 is 0. The van der Waals surface area contributed by atoms with Gasteiger partial charge in [0.15, 0.2) is 0 Å². The van der Waals surface area contributed by atoms with E-state index in [9.17, 15) is 0 Å². The van der Waals surface area contributed by atoms with Crippen molar-refractivity contribution in [3.8, 4) is 0 Å². The smallest absolute Gasteiger partial charge is 0.0227 e. The Morgan fingerprint density at radius 2 is 1.93 bits per heavy atom. The van der Waals surface area contributed by atoms with Gasteiger partial charge in [-0.2, -0.15) is 11.8 Å². The minimum atomic E-state index is 0.731. The molecule has 1 nitrogen and oxygen atoms in total. The van der Waals surface area contributed by atoms with Gasteiger partial charge >= 0.3 is 0 Å². The van der Waals surface area contributed by atoms with Crippen LogP contribution in [0.25, 0.3) is 0 Å². The molecule has 0 amide bonds. The summed E-state index contributed by atoms with van der Waals surface area (Å²) in [6, 6.07) is 1.52. The minimum absolute atomic E-state index is 0.731. The molecule has 2 aliphatic rings. The van der Waals surface area contributed by atoms with Gasteiger partial charge in [-0.25, -0.2) is 0 Å². The van der Waals surface area contributed by atoms with Gasteiger partial charge in [0.05, 0.1) is 0 Å². The Labute approximate surface area is 92.4 Å². The van der Waals surface area contributed by atoms with Crippen molar-refractivity contribution in [2.75, 3.05) is 5.75 Å². The predicted molar refractivity (Wildman–Crippen MR) is 64.8 cm³/mol. The first-order valence-electron chi connectivity index (χ1n) is 6.04. The Kier molecular flexibility index (Phi) is 3.43. The number of thioether (sulfide) groups is 1. The lowest BCUT2D eigenvalue weighted by Gasteiger charge is -2.39. The van der Waals surface area contributed by atoms with Crippen molar-refractivity contribution >= 4 is 11.8 Å². The summed E-state index contributed by atoms with van der Waals surface area (Å²) in [5.74, 6) is 3.19. The summed E-state index contributed by atoms with van der Waals surface area (Å²) in [7, 11) is 0. The van der Waals surface area contributed by atoms with Gasteiger partial charge in [0.2, 0.25) is 0 Å². The molecule has 0 aromatic rings. The predicted octanol–water partition coefficient (Wildman–Crippen LogP) is 2.90. The highest BCUT2D eigenvalue weighted by Crippen LogP contribution is 2.38. The lowest BCUT2D eigenvalue weighted by Crippen LogP contribution is -2.47. The third-order valence-electron chi connectivity index (χ3n) is 3.75. The molecule has 0 bridgehead atoms. The van der Waals surface area contributed by atoms with Gasteiger partial charge in [0, 0.05) is 17.3 Å². The van der Waals surface area contributed by atoms with E-state index in [0.29, 0.717) is 0 Å². The molecule has 0 aromatic heterocycles. The Morgan fingerprint density at radius 3 is 2.71 bits per heavy atom. The number of hydrogen-bond donors (Lipinski definition) is 1. The Hall–Kier alpha value is 0.310. The fraction of sp³-hybridized carbons (Fsp3) is 1.00. The second-order valence-corrected chi connectivity index (χ2v) is 6.64. The van der Waals surface area contributed by atoms with E-state index in [2.05, 4.69) is 37.8 Å². The average Bonchev–Trinajstić information content (AvgIpc) is 2.25. The first kappa shape index (κ1) is 10.8. The highest BCUT2D eigenvalue weighted by molar-refractivity contribution is 8.00. The van der Waals surface area contributed by atoms with Crippen LogP contribution < -0.4 is 5.32 Å². The van der Waals surface area contributed by atoms with Crippen molar-refractivity contribution in [1.29, 1.82) is 0 Å². The number of rotatable bonds is 0. The van der Waals surface area contributed by atoms with E-state index in [1.807, 2.05) is 0 Å². The third-order valence-corrected chi connectivity index (χ3v) is 5.40. The van der Waals surface area contributed by atoms with E-state index in [0.717, 1.165) is 29.2 Å². The summed E-state index contributed by atoms with van der Waals surface area (Å²) >= 11 is 2.22. The van der Waals surface area contributed by atoms with Gasteiger partial charge in [-0.1, -0.05) is 13.8 Å². The molecule has 5 unspecified atom stereocenters. The van der Waals surface area contributed by atoms with Crippen molar-refractivity contribution in [2.24, 2.45) is 11.8 Å². The summed E-state index contributed by atoms with van der Waals surface area (Å²) in [6.07, 6.45) is 4.18. The molecule has 1 saturated heterocycles. The molecule has 82 valence electrons. The second-order valence-electron chi connectivity index (χ2n) is 5.35. The fourth-order valence-corrected chi connectivity index (χ4v) is 4.73. The molecule has 0 spiro atoms. The zero-order chi connectivity index (χ0) is 10.1.